The molecule has 1 aromatic rings. The highest BCUT2D eigenvalue weighted by Gasteiger charge is 2.25. The molecule has 0 heterocycles. The van der Waals surface area contributed by atoms with E-state index in [1.807, 2.05) is 0 Å². The standard InChI is InChI=1S/C13H10O3/c1-8(14)6-9-7-12(15)10-4-2-3-5-11(10)13(9)16/h2-5,7H,6H2,1H3. The summed E-state index contributed by atoms with van der Waals surface area (Å²) in [6.45, 7) is 1.40. The Hall–Kier alpha value is -2.03. The molecule has 0 radical (unpaired) electrons. The normalized spacial score (nSPS) is 14.4. The van der Waals surface area contributed by atoms with E-state index in [9.17, 15) is 14.4 Å². The van der Waals surface area contributed by atoms with Crippen LogP contribution in [0, 0.1) is 0 Å². The van der Waals surface area contributed by atoms with Crippen molar-refractivity contribution >= 4 is 17.3 Å². The van der Waals surface area contributed by atoms with Gasteiger partial charge in [-0.2, -0.15) is 0 Å². The fraction of sp³-hybridized carbons (Fsp3) is 0.154. The number of Topliss-reactive ketones (excluding diaryl/α,β-unsaturated/α-hetero) is 2. The number of allylic oxidation sites excluding steroid dienone is 2. The van der Waals surface area contributed by atoms with Crippen molar-refractivity contribution in [2.75, 3.05) is 0 Å². The van der Waals surface area contributed by atoms with Crippen molar-refractivity contribution in [3.8, 4) is 0 Å². The monoisotopic (exact) mass is 214 g/mol. The number of carbonyl (C=O) groups excluding carboxylic acids is 3. The summed E-state index contributed by atoms with van der Waals surface area (Å²) < 4.78 is 0. The second-order valence-electron chi connectivity index (χ2n) is 3.79. The van der Waals surface area contributed by atoms with Gasteiger partial charge in [-0.1, -0.05) is 24.3 Å². The van der Waals surface area contributed by atoms with Crippen LogP contribution >= 0.6 is 0 Å². The van der Waals surface area contributed by atoms with Gasteiger partial charge in [-0.15, -0.1) is 0 Å². The molecule has 0 aromatic heterocycles. The summed E-state index contributed by atoms with van der Waals surface area (Å²) in [5, 5.41) is 0. The lowest BCUT2D eigenvalue weighted by atomic mass is 9.87. The van der Waals surface area contributed by atoms with Gasteiger partial charge in [0, 0.05) is 23.1 Å². The Balaban J connectivity index is 2.47. The molecule has 0 spiro atoms. The number of hydrogen-bond donors (Lipinski definition) is 0. The number of benzene rings is 1. The first-order valence-electron chi connectivity index (χ1n) is 4.97. The van der Waals surface area contributed by atoms with E-state index in [1.54, 1.807) is 24.3 Å². The minimum atomic E-state index is -0.217. The highest BCUT2D eigenvalue weighted by atomic mass is 16.1. The maximum atomic E-state index is 11.9. The van der Waals surface area contributed by atoms with Crippen molar-refractivity contribution in [3.63, 3.8) is 0 Å². The number of hydrogen-bond acceptors (Lipinski definition) is 3. The predicted octanol–water partition coefficient (Wildman–Crippen LogP) is 1.97. The summed E-state index contributed by atoms with van der Waals surface area (Å²) in [6.07, 6.45) is 1.30. The van der Waals surface area contributed by atoms with Gasteiger partial charge in [0.2, 0.25) is 0 Å². The van der Waals surface area contributed by atoms with E-state index >= 15 is 0 Å². The Morgan fingerprint density at radius 2 is 1.75 bits per heavy atom. The van der Waals surface area contributed by atoms with E-state index in [2.05, 4.69) is 0 Å². The summed E-state index contributed by atoms with van der Waals surface area (Å²) in [7, 11) is 0. The first kappa shape index (κ1) is 10.5. The molecule has 3 heteroatoms. The number of ketones is 3. The molecule has 1 aliphatic rings. The summed E-state index contributed by atoms with van der Waals surface area (Å²) in [4.78, 5) is 34.6. The minimum Gasteiger partial charge on any atom is -0.300 e. The molecule has 0 amide bonds. The zero-order valence-electron chi connectivity index (χ0n) is 8.82. The second kappa shape index (κ2) is 3.85. The molecule has 1 aliphatic carbocycles. The molecule has 0 N–H and O–H groups in total. The third kappa shape index (κ3) is 1.72. The molecule has 0 saturated carbocycles. The Morgan fingerprint density at radius 1 is 1.12 bits per heavy atom. The lowest BCUT2D eigenvalue weighted by Crippen LogP contribution is -2.18. The average Bonchev–Trinajstić information content (AvgIpc) is 2.25. The summed E-state index contributed by atoms with van der Waals surface area (Å²) in [6, 6.07) is 6.66. The fourth-order valence-corrected chi connectivity index (χ4v) is 1.77. The predicted molar refractivity (Wildman–Crippen MR) is 58.5 cm³/mol. The molecule has 0 unspecified atom stereocenters. The van der Waals surface area contributed by atoms with Gasteiger partial charge in [0.05, 0.1) is 0 Å². The fourth-order valence-electron chi connectivity index (χ4n) is 1.77. The maximum absolute atomic E-state index is 11.9. The van der Waals surface area contributed by atoms with E-state index in [1.165, 1.54) is 13.0 Å². The Morgan fingerprint density at radius 3 is 2.38 bits per heavy atom. The van der Waals surface area contributed by atoms with Crippen LogP contribution in [-0.4, -0.2) is 17.3 Å². The zero-order valence-corrected chi connectivity index (χ0v) is 8.82. The maximum Gasteiger partial charge on any atom is 0.190 e. The van der Waals surface area contributed by atoms with Crippen LogP contribution in [0.1, 0.15) is 34.1 Å². The molecule has 0 bridgehead atoms. The van der Waals surface area contributed by atoms with Crippen LogP contribution in [0.5, 0.6) is 0 Å². The van der Waals surface area contributed by atoms with Crippen molar-refractivity contribution in [1.82, 2.24) is 0 Å². The Bertz CT molecular complexity index is 524. The first-order chi connectivity index (χ1) is 7.59. The van der Waals surface area contributed by atoms with Crippen LogP contribution in [0.2, 0.25) is 0 Å². The second-order valence-corrected chi connectivity index (χ2v) is 3.79. The third-order valence-electron chi connectivity index (χ3n) is 2.47. The van der Waals surface area contributed by atoms with Crippen LogP contribution in [0.4, 0.5) is 0 Å². The highest BCUT2D eigenvalue weighted by Crippen LogP contribution is 2.22. The van der Waals surface area contributed by atoms with Gasteiger partial charge in [-0.3, -0.25) is 14.4 Å². The molecule has 0 fully saturated rings. The van der Waals surface area contributed by atoms with Crippen LogP contribution in [0.25, 0.3) is 0 Å². The largest absolute Gasteiger partial charge is 0.300 e. The number of rotatable bonds is 2. The topological polar surface area (TPSA) is 51.2 Å². The van der Waals surface area contributed by atoms with Gasteiger partial charge in [-0.25, -0.2) is 0 Å². The summed E-state index contributed by atoms with van der Waals surface area (Å²) >= 11 is 0. The van der Waals surface area contributed by atoms with Crippen molar-refractivity contribution in [3.05, 3.63) is 47.0 Å². The van der Waals surface area contributed by atoms with E-state index < -0.39 is 0 Å². The van der Waals surface area contributed by atoms with Crippen molar-refractivity contribution in [2.24, 2.45) is 0 Å². The first-order valence-corrected chi connectivity index (χ1v) is 4.97. The molecule has 3 nitrogen and oxygen atoms in total. The van der Waals surface area contributed by atoms with Gasteiger partial charge in [0.25, 0.3) is 0 Å². The Kier molecular flexibility index (Phi) is 2.52. The van der Waals surface area contributed by atoms with Crippen LogP contribution in [-0.2, 0) is 4.79 Å². The third-order valence-corrected chi connectivity index (χ3v) is 2.47. The van der Waals surface area contributed by atoms with Gasteiger partial charge in [0.15, 0.2) is 11.6 Å². The SMILES string of the molecule is CC(=O)CC1=CC(=O)c2ccccc2C1=O. The molecule has 0 atom stereocenters. The van der Waals surface area contributed by atoms with E-state index in [0.717, 1.165) is 0 Å². The van der Waals surface area contributed by atoms with E-state index in [4.69, 9.17) is 0 Å². The van der Waals surface area contributed by atoms with Crippen LogP contribution < -0.4 is 0 Å². The minimum absolute atomic E-state index is 0.0267. The molecule has 0 saturated heterocycles. The average molecular weight is 214 g/mol. The van der Waals surface area contributed by atoms with Gasteiger partial charge in [-0.05, 0) is 13.0 Å². The lowest BCUT2D eigenvalue weighted by molar-refractivity contribution is -0.116. The van der Waals surface area contributed by atoms with Gasteiger partial charge < -0.3 is 0 Å². The summed E-state index contributed by atoms with van der Waals surface area (Å²) in [5.41, 5.74) is 1.10. The van der Waals surface area contributed by atoms with Crippen LogP contribution in [0.3, 0.4) is 0 Å². The number of carbonyl (C=O) groups is 3. The molecular weight excluding hydrogens is 204 g/mol. The number of fused-ring (bicyclic) bond motifs is 1. The molecule has 80 valence electrons. The van der Waals surface area contributed by atoms with Gasteiger partial charge in [0.1, 0.15) is 5.78 Å². The highest BCUT2D eigenvalue weighted by molar-refractivity contribution is 6.25. The molecule has 16 heavy (non-hydrogen) atoms. The molecule has 0 aliphatic heterocycles. The van der Waals surface area contributed by atoms with Crippen molar-refractivity contribution < 1.29 is 14.4 Å². The zero-order chi connectivity index (χ0) is 11.7. The lowest BCUT2D eigenvalue weighted by Gasteiger charge is -2.13. The van der Waals surface area contributed by atoms with E-state index in [-0.39, 0.29) is 29.3 Å². The smallest absolute Gasteiger partial charge is 0.190 e. The van der Waals surface area contributed by atoms with E-state index in [0.29, 0.717) is 11.1 Å². The van der Waals surface area contributed by atoms with Crippen molar-refractivity contribution in [1.29, 1.82) is 0 Å². The molecule has 2 rings (SSSR count). The summed E-state index contributed by atoms with van der Waals surface area (Å²) in [5.74, 6) is -0.538. The quantitative estimate of drug-likeness (QED) is 0.756. The van der Waals surface area contributed by atoms with Gasteiger partial charge >= 0.3 is 0 Å². The molecule has 1 aromatic carbocycles. The molecular formula is C13H10O3. The Labute approximate surface area is 92.8 Å². The van der Waals surface area contributed by atoms with Crippen molar-refractivity contribution in [2.45, 2.75) is 13.3 Å². The van der Waals surface area contributed by atoms with Crippen LogP contribution in [0.15, 0.2) is 35.9 Å².